The van der Waals surface area contributed by atoms with Crippen LogP contribution in [0.4, 0.5) is 5.69 Å². The summed E-state index contributed by atoms with van der Waals surface area (Å²) in [4.78, 5) is 29.5. The van der Waals surface area contributed by atoms with Crippen molar-refractivity contribution in [1.29, 1.82) is 0 Å². The summed E-state index contributed by atoms with van der Waals surface area (Å²) < 4.78 is 1.59. The lowest BCUT2D eigenvalue weighted by Gasteiger charge is -2.21. The van der Waals surface area contributed by atoms with Crippen molar-refractivity contribution in [3.8, 4) is 0 Å². The van der Waals surface area contributed by atoms with Crippen LogP contribution in [0, 0.1) is 0 Å². The molecule has 0 spiro atoms. The summed E-state index contributed by atoms with van der Waals surface area (Å²) in [5, 5.41) is 2.70. The maximum atomic E-state index is 12.5. The van der Waals surface area contributed by atoms with E-state index >= 15 is 0 Å². The van der Waals surface area contributed by atoms with Crippen molar-refractivity contribution in [3.63, 3.8) is 0 Å². The number of hydrogen-bond donors (Lipinski definition) is 2. The molecule has 7 heteroatoms. The molecule has 0 bridgehead atoms. The molecule has 0 saturated carbocycles. The molecule has 0 saturated heterocycles. The van der Waals surface area contributed by atoms with Gasteiger partial charge in [-0.05, 0) is 37.3 Å². The largest absolute Gasteiger partial charge is 0.324 e. The Bertz CT molecular complexity index is 966. The van der Waals surface area contributed by atoms with Crippen LogP contribution in [-0.4, -0.2) is 26.7 Å². The summed E-state index contributed by atoms with van der Waals surface area (Å²) in [6.45, 7) is 1.85. The average molecular weight is 338 g/mol. The van der Waals surface area contributed by atoms with Gasteiger partial charge in [0.1, 0.15) is 6.33 Å². The Kier molecular flexibility index (Phi) is 3.50. The summed E-state index contributed by atoms with van der Waals surface area (Å²) >= 11 is 1.49. The highest BCUT2D eigenvalue weighted by Gasteiger charge is 2.23. The lowest BCUT2D eigenvalue weighted by molar-refractivity contribution is -0.115. The molecule has 1 unspecified atom stereocenters. The van der Waals surface area contributed by atoms with Crippen LogP contribution >= 0.6 is 11.8 Å². The van der Waals surface area contributed by atoms with Gasteiger partial charge in [0.25, 0.3) is 5.91 Å². The molecule has 2 amide bonds. The predicted molar refractivity (Wildman–Crippen MR) is 93.8 cm³/mol. The molecule has 1 aliphatic rings. The zero-order valence-corrected chi connectivity index (χ0v) is 13.6. The van der Waals surface area contributed by atoms with E-state index in [1.54, 1.807) is 23.1 Å². The fourth-order valence-corrected chi connectivity index (χ4v) is 3.50. The third-order valence-electron chi connectivity index (χ3n) is 3.85. The van der Waals surface area contributed by atoms with E-state index in [4.69, 9.17) is 0 Å². The van der Waals surface area contributed by atoms with Gasteiger partial charge in [-0.15, -0.1) is 11.8 Å². The maximum Gasteiger partial charge on any atom is 0.270 e. The summed E-state index contributed by atoms with van der Waals surface area (Å²) in [7, 11) is 0. The van der Waals surface area contributed by atoms with E-state index in [2.05, 4.69) is 15.7 Å². The number of carbonyl (C=O) groups excluding carboxylic acids is 2. The van der Waals surface area contributed by atoms with Gasteiger partial charge in [-0.1, -0.05) is 12.1 Å². The third-order valence-corrected chi connectivity index (χ3v) is 5.03. The number of benzene rings is 2. The minimum Gasteiger partial charge on any atom is -0.324 e. The lowest BCUT2D eigenvalue weighted by atomic mass is 10.2. The van der Waals surface area contributed by atoms with Crippen molar-refractivity contribution < 1.29 is 9.59 Å². The first-order valence-electron chi connectivity index (χ1n) is 7.47. The van der Waals surface area contributed by atoms with Gasteiger partial charge >= 0.3 is 0 Å². The second-order valence-corrected chi connectivity index (χ2v) is 6.89. The van der Waals surface area contributed by atoms with Crippen LogP contribution in [0.2, 0.25) is 0 Å². The first kappa shape index (κ1) is 14.8. The van der Waals surface area contributed by atoms with Crippen LogP contribution in [-0.2, 0) is 4.79 Å². The molecule has 4 rings (SSSR count). The minimum absolute atomic E-state index is 0.0503. The second-order valence-electron chi connectivity index (χ2n) is 5.50. The zero-order chi connectivity index (χ0) is 16.7. The number of carbonyl (C=O) groups is 2. The second kappa shape index (κ2) is 5.68. The van der Waals surface area contributed by atoms with Gasteiger partial charge in [-0.3, -0.25) is 15.0 Å². The SMILES string of the molecule is CC1Sc2ccc(C(=O)Nn3cnc4ccccc43)cc2NC1=O. The highest BCUT2D eigenvalue weighted by Crippen LogP contribution is 2.35. The Labute approximate surface area is 142 Å². The van der Waals surface area contributed by atoms with Crippen molar-refractivity contribution in [1.82, 2.24) is 9.66 Å². The highest BCUT2D eigenvalue weighted by atomic mass is 32.2. The first-order valence-corrected chi connectivity index (χ1v) is 8.35. The number of rotatable bonds is 2. The Balaban J connectivity index is 1.61. The summed E-state index contributed by atoms with van der Waals surface area (Å²) in [6.07, 6.45) is 1.57. The number of nitrogens with zero attached hydrogens (tertiary/aromatic N) is 2. The molecule has 3 aromatic rings. The van der Waals surface area contributed by atoms with Crippen LogP contribution < -0.4 is 10.7 Å². The van der Waals surface area contributed by atoms with E-state index in [9.17, 15) is 9.59 Å². The molecule has 1 atom stereocenters. The molecular formula is C17H14N4O2S. The summed E-state index contributed by atoms with van der Waals surface area (Å²) in [5.74, 6) is -0.315. The van der Waals surface area contributed by atoms with Gasteiger partial charge in [-0.2, -0.15) is 0 Å². The van der Waals surface area contributed by atoms with Gasteiger partial charge < -0.3 is 5.32 Å². The number of imidazole rings is 1. The molecule has 0 aliphatic carbocycles. The molecule has 2 heterocycles. The lowest BCUT2D eigenvalue weighted by Crippen LogP contribution is -2.27. The molecule has 6 nitrogen and oxygen atoms in total. The Morgan fingerprint density at radius 2 is 2.12 bits per heavy atom. The van der Waals surface area contributed by atoms with E-state index in [1.807, 2.05) is 37.3 Å². The Morgan fingerprint density at radius 1 is 1.29 bits per heavy atom. The number of para-hydroxylation sites is 2. The van der Waals surface area contributed by atoms with Crippen molar-refractivity contribution >= 4 is 40.3 Å². The van der Waals surface area contributed by atoms with Crippen molar-refractivity contribution in [2.75, 3.05) is 10.7 Å². The Morgan fingerprint density at radius 3 is 3.00 bits per heavy atom. The topological polar surface area (TPSA) is 76.0 Å². The van der Waals surface area contributed by atoms with Crippen molar-refractivity contribution in [3.05, 3.63) is 54.4 Å². The number of hydrogen-bond acceptors (Lipinski definition) is 4. The molecule has 1 aliphatic heterocycles. The normalized spacial score (nSPS) is 16.5. The van der Waals surface area contributed by atoms with Crippen molar-refractivity contribution in [2.45, 2.75) is 17.1 Å². The minimum atomic E-state index is -0.265. The van der Waals surface area contributed by atoms with Crippen LogP contribution in [0.15, 0.2) is 53.7 Å². The Hall–Kier alpha value is -2.80. The molecule has 0 fully saturated rings. The molecule has 2 aromatic carbocycles. The number of amides is 2. The fourth-order valence-electron chi connectivity index (χ4n) is 2.57. The monoisotopic (exact) mass is 338 g/mol. The number of anilines is 1. The molecule has 24 heavy (non-hydrogen) atoms. The molecule has 2 N–H and O–H groups in total. The first-order chi connectivity index (χ1) is 11.6. The van der Waals surface area contributed by atoms with E-state index in [0.717, 1.165) is 15.9 Å². The van der Waals surface area contributed by atoms with Crippen LogP contribution in [0.3, 0.4) is 0 Å². The molecular weight excluding hydrogens is 324 g/mol. The number of thioether (sulfide) groups is 1. The predicted octanol–water partition coefficient (Wildman–Crippen LogP) is 2.85. The van der Waals surface area contributed by atoms with Crippen LogP contribution in [0.1, 0.15) is 17.3 Å². The molecule has 120 valence electrons. The summed E-state index contributed by atoms with van der Waals surface area (Å²) in [6, 6.07) is 12.9. The quantitative estimate of drug-likeness (QED) is 0.753. The third kappa shape index (κ3) is 2.52. The summed E-state index contributed by atoms with van der Waals surface area (Å²) in [5.41, 5.74) is 5.58. The van der Waals surface area contributed by atoms with Gasteiger partial charge in [0.2, 0.25) is 5.91 Å². The van der Waals surface area contributed by atoms with E-state index in [1.165, 1.54) is 11.8 Å². The van der Waals surface area contributed by atoms with E-state index in [0.29, 0.717) is 11.3 Å². The number of nitrogens with one attached hydrogen (secondary N) is 2. The van der Waals surface area contributed by atoms with E-state index in [-0.39, 0.29) is 17.1 Å². The van der Waals surface area contributed by atoms with Gasteiger partial charge in [-0.25, -0.2) is 9.66 Å². The molecule has 0 radical (unpaired) electrons. The standard InChI is InChI=1S/C17H14N4O2S/c1-10-16(22)19-13-8-11(6-7-15(13)24-10)17(23)20-21-9-18-12-4-2-3-5-14(12)21/h2-10H,1H3,(H,19,22)(H,20,23). The van der Waals surface area contributed by atoms with Crippen molar-refractivity contribution in [2.24, 2.45) is 0 Å². The average Bonchev–Trinajstić information content (AvgIpc) is 2.99. The van der Waals surface area contributed by atoms with Crippen LogP contribution in [0.5, 0.6) is 0 Å². The highest BCUT2D eigenvalue weighted by molar-refractivity contribution is 8.00. The fraction of sp³-hybridized carbons (Fsp3) is 0.118. The maximum absolute atomic E-state index is 12.5. The van der Waals surface area contributed by atoms with E-state index < -0.39 is 0 Å². The van der Waals surface area contributed by atoms with Gasteiger partial charge in [0.15, 0.2) is 0 Å². The smallest absolute Gasteiger partial charge is 0.270 e. The zero-order valence-electron chi connectivity index (χ0n) is 12.8. The number of aromatic nitrogens is 2. The molecule has 1 aromatic heterocycles. The van der Waals surface area contributed by atoms with Gasteiger partial charge in [0, 0.05) is 10.5 Å². The number of fused-ring (bicyclic) bond motifs is 2. The van der Waals surface area contributed by atoms with Gasteiger partial charge in [0.05, 0.1) is 22.0 Å². The van der Waals surface area contributed by atoms with Crippen LogP contribution in [0.25, 0.3) is 11.0 Å².